The third-order valence-corrected chi connectivity index (χ3v) is 5.59. The highest BCUT2D eigenvalue weighted by atomic mass is 16.7. The molecule has 2 aromatic carbocycles. The molecule has 1 amide bonds. The van der Waals surface area contributed by atoms with Crippen molar-refractivity contribution in [3.8, 4) is 28.8 Å². The zero-order valence-corrected chi connectivity index (χ0v) is 17.4. The first-order chi connectivity index (χ1) is 15.7. The molecule has 3 heterocycles. The van der Waals surface area contributed by atoms with Gasteiger partial charge in [-0.05, 0) is 42.7 Å². The lowest BCUT2D eigenvalue weighted by Crippen LogP contribution is -2.28. The van der Waals surface area contributed by atoms with Crippen LogP contribution in [-0.4, -0.2) is 40.7 Å². The van der Waals surface area contributed by atoms with Crippen molar-refractivity contribution in [2.75, 3.05) is 25.2 Å². The Balaban J connectivity index is 1.43. The van der Waals surface area contributed by atoms with Gasteiger partial charge in [-0.2, -0.15) is 5.26 Å². The first kappa shape index (κ1) is 19.8. The molecule has 8 nitrogen and oxygen atoms in total. The highest BCUT2D eigenvalue weighted by Gasteiger charge is 2.24. The van der Waals surface area contributed by atoms with Crippen LogP contribution < -0.4 is 14.8 Å². The number of hydrogen-bond donors (Lipinski definition) is 1. The topological polar surface area (TPSA) is 100 Å². The van der Waals surface area contributed by atoms with Crippen molar-refractivity contribution in [2.45, 2.75) is 19.4 Å². The van der Waals surface area contributed by atoms with Crippen LogP contribution in [0.4, 0.5) is 5.95 Å². The van der Waals surface area contributed by atoms with E-state index < -0.39 is 0 Å². The van der Waals surface area contributed by atoms with Crippen LogP contribution in [0.3, 0.4) is 0 Å². The molecule has 0 bridgehead atoms. The molecule has 1 aromatic heterocycles. The number of hydrogen-bond acceptors (Lipinski definition) is 7. The fourth-order valence-electron chi connectivity index (χ4n) is 3.87. The predicted octanol–water partition coefficient (Wildman–Crippen LogP) is 3.59. The SMILES string of the molecule is N#Cc1ccc(-c2nc(NCc3ccc4c(c3)OCO4)ncc2C(=O)N2CCCC2)cc1. The maximum Gasteiger partial charge on any atom is 0.257 e. The van der Waals surface area contributed by atoms with Crippen LogP contribution in [0, 0.1) is 11.3 Å². The van der Waals surface area contributed by atoms with Crippen molar-refractivity contribution in [2.24, 2.45) is 0 Å². The molecule has 2 aliphatic heterocycles. The maximum absolute atomic E-state index is 13.1. The zero-order chi connectivity index (χ0) is 21.9. The van der Waals surface area contributed by atoms with Gasteiger partial charge in [-0.15, -0.1) is 0 Å². The van der Waals surface area contributed by atoms with Gasteiger partial charge in [-0.25, -0.2) is 9.97 Å². The maximum atomic E-state index is 13.1. The van der Waals surface area contributed by atoms with E-state index >= 15 is 0 Å². The summed E-state index contributed by atoms with van der Waals surface area (Å²) >= 11 is 0. The number of amides is 1. The standard InChI is InChI=1S/C24H21N5O3/c25-12-16-3-6-18(7-4-16)22-19(23(30)29-9-1-2-10-29)14-27-24(28-22)26-13-17-5-8-20-21(11-17)32-15-31-20/h3-8,11,14H,1-2,9-10,13,15H2,(H,26,27,28). The van der Waals surface area contributed by atoms with Crippen LogP contribution in [0.2, 0.25) is 0 Å². The number of aromatic nitrogens is 2. The van der Waals surface area contributed by atoms with E-state index in [9.17, 15) is 4.79 Å². The predicted molar refractivity (Wildman–Crippen MR) is 117 cm³/mol. The van der Waals surface area contributed by atoms with Gasteiger partial charge in [0.05, 0.1) is 22.9 Å². The molecule has 1 saturated heterocycles. The number of rotatable bonds is 5. The molecule has 8 heteroatoms. The van der Waals surface area contributed by atoms with Gasteiger partial charge in [0.1, 0.15) is 0 Å². The van der Waals surface area contributed by atoms with E-state index in [-0.39, 0.29) is 12.7 Å². The van der Waals surface area contributed by atoms with Gasteiger partial charge in [-0.1, -0.05) is 18.2 Å². The summed E-state index contributed by atoms with van der Waals surface area (Å²) in [4.78, 5) is 24.0. The number of benzene rings is 2. The Morgan fingerprint density at radius 2 is 1.88 bits per heavy atom. The summed E-state index contributed by atoms with van der Waals surface area (Å²) in [6.07, 6.45) is 3.60. The third kappa shape index (κ3) is 3.93. The summed E-state index contributed by atoms with van der Waals surface area (Å²) in [5.74, 6) is 1.80. The highest BCUT2D eigenvalue weighted by molar-refractivity contribution is 6.00. The van der Waals surface area contributed by atoms with Gasteiger partial charge >= 0.3 is 0 Å². The van der Waals surface area contributed by atoms with E-state index in [1.807, 2.05) is 35.2 Å². The number of likely N-dealkylation sites (tertiary alicyclic amines) is 1. The number of anilines is 1. The van der Waals surface area contributed by atoms with Crippen LogP contribution in [0.15, 0.2) is 48.7 Å². The molecule has 0 radical (unpaired) electrons. The number of nitrogens with zero attached hydrogens (tertiary/aromatic N) is 4. The normalized spacial score (nSPS) is 14.3. The molecular weight excluding hydrogens is 406 g/mol. The molecule has 5 rings (SSSR count). The summed E-state index contributed by atoms with van der Waals surface area (Å²) < 4.78 is 10.8. The lowest BCUT2D eigenvalue weighted by Gasteiger charge is -2.18. The second-order valence-corrected chi connectivity index (χ2v) is 7.69. The Labute approximate surface area is 185 Å². The molecule has 3 aromatic rings. The Morgan fingerprint density at radius 1 is 1.09 bits per heavy atom. The number of carbonyl (C=O) groups excluding carboxylic acids is 1. The van der Waals surface area contributed by atoms with Crippen LogP contribution in [0.5, 0.6) is 11.5 Å². The second kappa shape index (κ2) is 8.55. The van der Waals surface area contributed by atoms with Gasteiger partial charge in [0.2, 0.25) is 12.7 Å². The van der Waals surface area contributed by atoms with E-state index in [1.54, 1.807) is 18.3 Å². The van der Waals surface area contributed by atoms with E-state index in [0.29, 0.717) is 29.3 Å². The smallest absolute Gasteiger partial charge is 0.257 e. The summed E-state index contributed by atoms with van der Waals surface area (Å²) in [6, 6.07) is 14.9. The van der Waals surface area contributed by atoms with Crippen molar-refractivity contribution >= 4 is 11.9 Å². The molecule has 1 N–H and O–H groups in total. The van der Waals surface area contributed by atoms with Gasteiger partial charge < -0.3 is 19.7 Å². The second-order valence-electron chi connectivity index (χ2n) is 7.69. The zero-order valence-electron chi connectivity index (χ0n) is 17.4. The van der Waals surface area contributed by atoms with Gasteiger partial charge in [-0.3, -0.25) is 4.79 Å². The van der Waals surface area contributed by atoms with Crippen molar-refractivity contribution in [1.82, 2.24) is 14.9 Å². The monoisotopic (exact) mass is 427 g/mol. The largest absolute Gasteiger partial charge is 0.454 e. The number of carbonyl (C=O) groups is 1. The van der Waals surface area contributed by atoms with E-state index in [1.165, 1.54) is 0 Å². The highest BCUT2D eigenvalue weighted by Crippen LogP contribution is 2.32. The Kier molecular flexibility index (Phi) is 5.30. The first-order valence-electron chi connectivity index (χ1n) is 10.5. The Bertz CT molecular complexity index is 1200. The number of nitriles is 1. The minimum absolute atomic E-state index is 0.0656. The van der Waals surface area contributed by atoms with Crippen LogP contribution in [0.25, 0.3) is 11.3 Å². The minimum atomic E-state index is -0.0656. The number of fused-ring (bicyclic) bond motifs is 1. The van der Waals surface area contributed by atoms with Crippen molar-refractivity contribution in [3.63, 3.8) is 0 Å². The van der Waals surface area contributed by atoms with Crippen LogP contribution in [-0.2, 0) is 6.54 Å². The van der Waals surface area contributed by atoms with Crippen LogP contribution in [0.1, 0.15) is 34.3 Å². The summed E-state index contributed by atoms with van der Waals surface area (Å²) in [6.45, 7) is 2.21. The molecular formula is C24H21N5O3. The van der Waals surface area contributed by atoms with E-state index in [4.69, 9.17) is 14.7 Å². The van der Waals surface area contributed by atoms with Crippen molar-refractivity contribution in [1.29, 1.82) is 5.26 Å². The molecule has 0 saturated carbocycles. The third-order valence-electron chi connectivity index (χ3n) is 5.59. The average Bonchev–Trinajstić information content (AvgIpc) is 3.54. The molecule has 0 spiro atoms. The number of nitrogens with one attached hydrogen (secondary N) is 1. The average molecular weight is 427 g/mol. The quantitative estimate of drug-likeness (QED) is 0.664. The Hall–Kier alpha value is -4.12. The van der Waals surface area contributed by atoms with Gasteiger partial charge in [0, 0.05) is 31.4 Å². The molecule has 32 heavy (non-hydrogen) atoms. The minimum Gasteiger partial charge on any atom is -0.454 e. The molecule has 2 aliphatic rings. The lowest BCUT2D eigenvalue weighted by atomic mass is 10.0. The van der Waals surface area contributed by atoms with Crippen molar-refractivity contribution in [3.05, 3.63) is 65.4 Å². The number of ether oxygens (including phenoxy) is 2. The van der Waals surface area contributed by atoms with Crippen LogP contribution >= 0.6 is 0 Å². The summed E-state index contributed by atoms with van der Waals surface area (Å²) in [5.41, 5.74) is 3.33. The fourth-order valence-corrected chi connectivity index (χ4v) is 3.87. The Morgan fingerprint density at radius 3 is 2.66 bits per heavy atom. The lowest BCUT2D eigenvalue weighted by molar-refractivity contribution is 0.0793. The van der Waals surface area contributed by atoms with Gasteiger partial charge in [0.15, 0.2) is 11.5 Å². The molecule has 160 valence electrons. The summed E-state index contributed by atoms with van der Waals surface area (Å²) in [5, 5.41) is 12.3. The molecule has 0 aliphatic carbocycles. The van der Waals surface area contributed by atoms with Gasteiger partial charge in [0.25, 0.3) is 5.91 Å². The van der Waals surface area contributed by atoms with E-state index in [2.05, 4.69) is 21.4 Å². The molecule has 0 unspecified atom stereocenters. The molecule has 1 fully saturated rings. The summed E-state index contributed by atoms with van der Waals surface area (Å²) in [7, 11) is 0. The fraction of sp³-hybridized carbons (Fsp3) is 0.250. The van der Waals surface area contributed by atoms with E-state index in [0.717, 1.165) is 48.6 Å². The first-order valence-corrected chi connectivity index (χ1v) is 10.5. The van der Waals surface area contributed by atoms with Crippen molar-refractivity contribution < 1.29 is 14.3 Å². The molecule has 0 atom stereocenters.